The molecule has 1 heterocycles. The first-order valence-electron chi connectivity index (χ1n) is 5.45. The molecule has 4 nitrogen and oxygen atoms in total. The summed E-state index contributed by atoms with van der Waals surface area (Å²) in [5.41, 5.74) is 0.634. The van der Waals surface area contributed by atoms with Crippen LogP contribution in [0.25, 0.3) is 0 Å². The van der Waals surface area contributed by atoms with Crippen molar-refractivity contribution < 1.29 is 4.79 Å². The van der Waals surface area contributed by atoms with Crippen LogP contribution >= 0.6 is 0 Å². The molecular formula is C11H17N3O. The van der Waals surface area contributed by atoms with Crippen molar-refractivity contribution in [2.45, 2.75) is 32.2 Å². The number of amides is 1. The molecule has 82 valence electrons. The maximum Gasteiger partial charge on any atom is 0.269 e. The van der Waals surface area contributed by atoms with Crippen molar-refractivity contribution in [1.82, 2.24) is 15.1 Å². The van der Waals surface area contributed by atoms with E-state index in [0.29, 0.717) is 11.7 Å². The van der Waals surface area contributed by atoms with Gasteiger partial charge in [-0.1, -0.05) is 6.92 Å². The van der Waals surface area contributed by atoms with Crippen LogP contribution in [-0.2, 0) is 7.05 Å². The number of carbonyl (C=O) groups is 1. The van der Waals surface area contributed by atoms with Gasteiger partial charge in [-0.05, 0) is 31.2 Å². The Labute approximate surface area is 89.7 Å². The lowest BCUT2D eigenvalue weighted by atomic mass is 10.1. The molecule has 0 bridgehead atoms. The minimum absolute atomic E-state index is 0.00546. The van der Waals surface area contributed by atoms with E-state index < -0.39 is 0 Å². The summed E-state index contributed by atoms with van der Waals surface area (Å²) >= 11 is 0. The van der Waals surface area contributed by atoms with E-state index in [4.69, 9.17) is 0 Å². The lowest BCUT2D eigenvalue weighted by Crippen LogP contribution is -2.34. The van der Waals surface area contributed by atoms with Crippen molar-refractivity contribution >= 4 is 5.91 Å². The molecule has 1 aromatic rings. The first kappa shape index (κ1) is 10.2. The second kappa shape index (κ2) is 4.04. The number of hydrogen-bond donors (Lipinski definition) is 1. The second-order valence-corrected chi connectivity index (χ2v) is 4.43. The summed E-state index contributed by atoms with van der Waals surface area (Å²) in [4.78, 5) is 11.8. The SMILES string of the molecule is CC1CCC(NC(=O)c2ccnn2C)C1. The summed E-state index contributed by atoms with van der Waals surface area (Å²) < 4.78 is 1.60. The number of aryl methyl sites for hydroxylation is 1. The fraction of sp³-hybridized carbons (Fsp3) is 0.636. The molecule has 2 atom stereocenters. The maximum atomic E-state index is 11.8. The molecule has 1 aliphatic rings. The third kappa shape index (κ3) is 2.19. The van der Waals surface area contributed by atoms with Gasteiger partial charge < -0.3 is 5.32 Å². The van der Waals surface area contributed by atoms with Gasteiger partial charge in [-0.25, -0.2) is 0 Å². The summed E-state index contributed by atoms with van der Waals surface area (Å²) in [6.07, 6.45) is 5.07. The molecule has 1 aromatic heterocycles. The molecule has 1 fully saturated rings. The number of carbonyl (C=O) groups excluding carboxylic acids is 1. The summed E-state index contributed by atoms with van der Waals surface area (Å²) in [5, 5.41) is 7.04. The first-order valence-corrected chi connectivity index (χ1v) is 5.45. The van der Waals surface area contributed by atoms with Crippen LogP contribution in [0.5, 0.6) is 0 Å². The Kier molecular flexibility index (Phi) is 2.75. The van der Waals surface area contributed by atoms with Crippen LogP contribution in [0.3, 0.4) is 0 Å². The molecule has 1 aliphatic carbocycles. The van der Waals surface area contributed by atoms with E-state index in [2.05, 4.69) is 17.3 Å². The fourth-order valence-corrected chi connectivity index (χ4v) is 2.19. The molecule has 4 heteroatoms. The average Bonchev–Trinajstić information content (AvgIpc) is 2.75. The van der Waals surface area contributed by atoms with Gasteiger partial charge in [-0.3, -0.25) is 9.48 Å². The zero-order chi connectivity index (χ0) is 10.8. The summed E-state index contributed by atoms with van der Waals surface area (Å²) in [5.74, 6) is 0.732. The average molecular weight is 207 g/mol. The lowest BCUT2D eigenvalue weighted by molar-refractivity contribution is 0.0928. The molecule has 0 spiro atoms. The fourth-order valence-electron chi connectivity index (χ4n) is 2.19. The second-order valence-electron chi connectivity index (χ2n) is 4.43. The highest BCUT2D eigenvalue weighted by molar-refractivity contribution is 5.92. The Bertz CT molecular complexity index is 358. The Hall–Kier alpha value is -1.32. The molecule has 0 saturated heterocycles. The molecule has 0 aliphatic heterocycles. The van der Waals surface area contributed by atoms with Gasteiger partial charge in [0.15, 0.2) is 0 Å². The van der Waals surface area contributed by atoms with Crippen LogP contribution in [-0.4, -0.2) is 21.7 Å². The molecular weight excluding hydrogens is 190 g/mol. The molecule has 1 amide bonds. The van der Waals surface area contributed by atoms with E-state index in [9.17, 15) is 4.79 Å². The van der Waals surface area contributed by atoms with Crippen molar-refractivity contribution in [2.75, 3.05) is 0 Å². The van der Waals surface area contributed by atoms with Crippen LogP contribution in [0.15, 0.2) is 12.3 Å². The molecule has 1 N–H and O–H groups in total. The highest BCUT2D eigenvalue weighted by Gasteiger charge is 2.23. The standard InChI is InChI=1S/C11H17N3O/c1-8-3-4-9(7-8)13-11(15)10-5-6-12-14(10)2/h5-6,8-9H,3-4,7H2,1-2H3,(H,13,15). The van der Waals surface area contributed by atoms with Crippen molar-refractivity contribution in [3.8, 4) is 0 Å². The quantitative estimate of drug-likeness (QED) is 0.795. The Morgan fingerprint density at radius 3 is 2.93 bits per heavy atom. The maximum absolute atomic E-state index is 11.8. The zero-order valence-corrected chi connectivity index (χ0v) is 9.23. The van der Waals surface area contributed by atoms with Gasteiger partial charge >= 0.3 is 0 Å². The first-order chi connectivity index (χ1) is 7.16. The molecule has 2 unspecified atom stereocenters. The van der Waals surface area contributed by atoms with Gasteiger partial charge in [0.1, 0.15) is 5.69 Å². The minimum Gasteiger partial charge on any atom is -0.348 e. The Balaban J connectivity index is 1.96. The van der Waals surface area contributed by atoms with Crippen LogP contribution in [0.4, 0.5) is 0 Å². The minimum atomic E-state index is -0.00546. The predicted octanol–water partition coefficient (Wildman–Crippen LogP) is 1.34. The van der Waals surface area contributed by atoms with Crippen molar-refractivity contribution in [3.63, 3.8) is 0 Å². The van der Waals surface area contributed by atoms with E-state index >= 15 is 0 Å². The number of nitrogens with zero attached hydrogens (tertiary/aromatic N) is 2. The van der Waals surface area contributed by atoms with Gasteiger partial charge in [0.25, 0.3) is 5.91 Å². The van der Waals surface area contributed by atoms with Crippen LogP contribution in [0.1, 0.15) is 36.7 Å². The monoisotopic (exact) mass is 207 g/mol. The van der Waals surface area contributed by atoms with Crippen molar-refractivity contribution in [3.05, 3.63) is 18.0 Å². The van der Waals surface area contributed by atoms with Gasteiger partial charge in [0, 0.05) is 19.3 Å². The van der Waals surface area contributed by atoms with E-state index in [1.165, 1.54) is 6.42 Å². The molecule has 2 rings (SSSR count). The van der Waals surface area contributed by atoms with E-state index in [-0.39, 0.29) is 5.91 Å². The predicted molar refractivity (Wildman–Crippen MR) is 57.5 cm³/mol. The van der Waals surface area contributed by atoms with Gasteiger partial charge in [-0.2, -0.15) is 5.10 Å². The Morgan fingerprint density at radius 2 is 2.40 bits per heavy atom. The summed E-state index contributed by atoms with van der Waals surface area (Å²) in [7, 11) is 1.78. The molecule has 0 aromatic carbocycles. The van der Waals surface area contributed by atoms with Crippen LogP contribution in [0.2, 0.25) is 0 Å². The van der Waals surface area contributed by atoms with Gasteiger partial charge in [-0.15, -0.1) is 0 Å². The topological polar surface area (TPSA) is 46.9 Å². The number of aromatic nitrogens is 2. The normalized spacial score (nSPS) is 25.5. The third-order valence-electron chi connectivity index (χ3n) is 3.08. The number of rotatable bonds is 2. The smallest absolute Gasteiger partial charge is 0.269 e. The van der Waals surface area contributed by atoms with Crippen LogP contribution < -0.4 is 5.32 Å². The molecule has 15 heavy (non-hydrogen) atoms. The highest BCUT2D eigenvalue weighted by atomic mass is 16.2. The lowest BCUT2D eigenvalue weighted by Gasteiger charge is -2.12. The van der Waals surface area contributed by atoms with E-state index in [1.54, 1.807) is 24.0 Å². The molecule has 1 saturated carbocycles. The van der Waals surface area contributed by atoms with Crippen LogP contribution in [0, 0.1) is 5.92 Å². The van der Waals surface area contributed by atoms with Crippen molar-refractivity contribution in [1.29, 1.82) is 0 Å². The summed E-state index contributed by atoms with van der Waals surface area (Å²) in [6, 6.07) is 2.09. The molecule has 0 radical (unpaired) electrons. The van der Waals surface area contributed by atoms with E-state index in [0.717, 1.165) is 18.8 Å². The number of hydrogen-bond acceptors (Lipinski definition) is 2. The van der Waals surface area contributed by atoms with Crippen molar-refractivity contribution in [2.24, 2.45) is 13.0 Å². The zero-order valence-electron chi connectivity index (χ0n) is 9.23. The largest absolute Gasteiger partial charge is 0.348 e. The third-order valence-corrected chi connectivity index (χ3v) is 3.08. The highest BCUT2D eigenvalue weighted by Crippen LogP contribution is 2.24. The Morgan fingerprint density at radius 1 is 1.60 bits per heavy atom. The van der Waals surface area contributed by atoms with Gasteiger partial charge in [0.2, 0.25) is 0 Å². The summed E-state index contributed by atoms with van der Waals surface area (Å²) in [6.45, 7) is 2.23. The number of nitrogens with one attached hydrogen (secondary N) is 1. The van der Waals surface area contributed by atoms with Gasteiger partial charge in [0.05, 0.1) is 0 Å². The van der Waals surface area contributed by atoms with E-state index in [1.807, 2.05) is 0 Å².